The lowest BCUT2D eigenvalue weighted by molar-refractivity contribution is 1.61. The molecule has 0 radical (unpaired) electrons. The summed E-state index contributed by atoms with van der Waals surface area (Å²) in [7, 11) is 0. The molecule has 0 heterocycles. The van der Waals surface area contributed by atoms with Crippen molar-refractivity contribution in [2.75, 3.05) is 0 Å². The van der Waals surface area contributed by atoms with Gasteiger partial charge in [0.05, 0.1) is 0 Å². The van der Waals surface area contributed by atoms with Crippen LogP contribution in [0.3, 0.4) is 0 Å². The van der Waals surface area contributed by atoms with E-state index in [1.54, 1.807) is 0 Å². The van der Waals surface area contributed by atoms with Crippen molar-refractivity contribution in [2.45, 2.75) is 6.92 Å². The van der Waals surface area contributed by atoms with E-state index in [0.717, 1.165) is 0 Å². The molecule has 0 nitrogen and oxygen atoms in total. The molecule has 0 bridgehead atoms. The first-order chi connectivity index (χ1) is 4.30. The van der Waals surface area contributed by atoms with E-state index in [9.17, 15) is 0 Å². The zero-order valence-electron chi connectivity index (χ0n) is 5.44. The average molecular weight is 116 g/mol. The highest BCUT2D eigenvalue weighted by Crippen LogP contribution is 2.13. The molecule has 1 aliphatic carbocycles. The minimum absolute atomic E-state index is 1.17. The maximum Gasteiger partial charge on any atom is -0.00790 e. The van der Waals surface area contributed by atoms with Crippen LogP contribution in [0.5, 0.6) is 0 Å². The molecule has 2 rings (SSSR count). The van der Waals surface area contributed by atoms with Crippen molar-refractivity contribution < 1.29 is 0 Å². The number of rotatable bonds is 0. The van der Waals surface area contributed by atoms with Gasteiger partial charge in [0.1, 0.15) is 0 Å². The van der Waals surface area contributed by atoms with Crippen molar-refractivity contribution in [1.29, 1.82) is 0 Å². The Kier molecular flexibility index (Phi) is 0.677. The summed E-state index contributed by atoms with van der Waals surface area (Å²) >= 11 is 0. The first kappa shape index (κ1) is 4.80. The molecule has 0 aromatic heterocycles. The van der Waals surface area contributed by atoms with Crippen molar-refractivity contribution in [3.63, 3.8) is 0 Å². The predicted molar refractivity (Wildman–Crippen MR) is 39.4 cm³/mol. The molecule has 1 aromatic rings. The van der Waals surface area contributed by atoms with Crippen molar-refractivity contribution in [1.82, 2.24) is 0 Å². The molecule has 0 saturated carbocycles. The Labute approximate surface area is 54.1 Å². The van der Waals surface area contributed by atoms with Crippen LogP contribution in [-0.4, -0.2) is 0 Å². The molecule has 0 unspecified atom stereocenters. The quantitative estimate of drug-likeness (QED) is 0.466. The van der Waals surface area contributed by atoms with Crippen LogP contribution < -0.4 is 10.4 Å². The summed E-state index contributed by atoms with van der Waals surface area (Å²) in [5, 5.41) is 2.56. The van der Waals surface area contributed by atoms with Crippen LogP contribution in [0.4, 0.5) is 0 Å². The van der Waals surface area contributed by atoms with Crippen molar-refractivity contribution in [3.05, 3.63) is 34.2 Å². The number of benzene rings is 1. The molecule has 0 heteroatoms. The van der Waals surface area contributed by atoms with Crippen LogP contribution in [0.1, 0.15) is 12.5 Å². The summed E-state index contributed by atoms with van der Waals surface area (Å²) in [6, 6.07) is 6.24. The Hall–Kier alpha value is -1.04. The lowest BCUT2D eigenvalue weighted by atomic mass is 10.3. The smallest absolute Gasteiger partial charge is 0.00790 e. The van der Waals surface area contributed by atoms with E-state index in [1.165, 1.54) is 21.6 Å². The fraction of sp³-hybridized carbons (Fsp3) is 0.111. The Balaban J connectivity index is 2.95. The summed E-state index contributed by atoms with van der Waals surface area (Å²) in [6.07, 6.45) is 0. The maximum atomic E-state index is 3.90. The Morgan fingerprint density at radius 1 is 1.33 bits per heavy atom. The second-order valence-corrected chi connectivity index (χ2v) is 2.46. The minimum atomic E-state index is 1.17. The van der Waals surface area contributed by atoms with E-state index in [-0.39, 0.29) is 0 Å². The van der Waals surface area contributed by atoms with Gasteiger partial charge in [-0.3, -0.25) is 0 Å². The standard InChI is InChI=1S/C9H8/c1-6-4-3-5-8-7(2)9(6)8/h3-5H,1H2,2H3. The van der Waals surface area contributed by atoms with E-state index in [4.69, 9.17) is 0 Å². The van der Waals surface area contributed by atoms with E-state index in [2.05, 4.69) is 31.7 Å². The van der Waals surface area contributed by atoms with E-state index in [1.807, 2.05) is 0 Å². The van der Waals surface area contributed by atoms with Gasteiger partial charge in [-0.2, -0.15) is 0 Å². The molecule has 0 aliphatic heterocycles. The number of fused-ring (bicyclic) bond motifs is 1. The summed E-state index contributed by atoms with van der Waals surface area (Å²) in [6.45, 7) is 6.04. The first-order valence-corrected chi connectivity index (χ1v) is 3.10. The molecule has 1 aromatic carbocycles. The van der Waals surface area contributed by atoms with Gasteiger partial charge < -0.3 is 0 Å². The highest BCUT2D eigenvalue weighted by atomic mass is 14.2. The molecule has 0 spiro atoms. The van der Waals surface area contributed by atoms with Crippen LogP contribution in [0.15, 0.2) is 18.2 Å². The van der Waals surface area contributed by atoms with Gasteiger partial charge in [-0.05, 0) is 28.5 Å². The van der Waals surface area contributed by atoms with Gasteiger partial charge >= 0.3 is 0 Å². The molecular weight excluding hydrogens is 108 g/mol. The van der Waals surface area contributed by atoms with Gasteiger partial charge in [-0.15, -0.1) is 0 Å². The third kappa shape index (κ3) is 0.476. The predicted octanol–water partition coefficient (Wildman–Crippen LogP) is 0.629. The van der Waals surface area contributed by atoms with Gasteiger partial charge in [0.25, 0.3) is 0 Å². The zero-order chi connectivity index (χ0) is 6.43. The third-order valence-electron chi connectivity index (χ3n) is 1.87. The Morgan fingerprint density at radius 3 is 2.67 bits per heavy atom. The molecule has 0 saturated heterocycles. The molecule has 0 fully saturated rings. The van der Waals surface area contributed by atoms with Crippen molar-refractivity contribution in [2.24, 2.45) is 0 Å². The summed E-state index contributed by atoms with van der Waals surface area (Å²) < 4.78 is 0. The van der Waals surface area contributed by atoms with Crippen LogP contribution in [-0.2, 0) is 0 Å². The van der Waals surface area contributed by atoms with Crippen molar-refractivity contribution >= 4 is 12.2 Å². The van der Waals surface area contributed by atoms with Crippen LogP contribution in [0.25, 0.3) is 12.2 Å². The summed E-state index contributed by atoms with van der Waals surface area (Å²) in [5.41, 5.74) is 2.83. The molecule has 9 heavy (non-hydrogen) atoms. The maximum absolute atomic E-state index is 3.90. The van der Waals surface area contributed by atoms with Crippen molar-refractivity contribution in [3.8, 4) is 0 Å². The summed E-state index contributed by atoms with van der Waals surface area (Å²) in [5.74, 6) is 0. The molecule has 0 amide bonds. The van der Waals surface area contributed by atoms with Gasteiger partial charge in [0.2, 0.25) is 0 Å². The van der Waals surface area contributed by atoms with E-state index >= 15 is 0 Å². The lowest BCUT2D eigenvalue weighted by Gasteiger charge is -1.75. The Morgan fingerprint density at radius 2 is 2.11 bits per heavy atom. The number of hydrogen-bond donors (Lipinski definition) is 0. The van der Waals surface area contributed by atoms with Crippen LogP contribution >= 0.6 is 0 Å². The fourth-order valence-electron chi connectivity index (χ4n) is 1.27. The van der Waals surface area contributed by atoms with Gasteiger partial charge in [-0.25, -0.2) is 0 Å². The Bertz CT molecular complexity index is 358. The lowest BCUT2D eigenvalue weighted by Crippen LogP contribution is -2.13. The molecule has 1 aliphatic rings. The van der Waals surface area contributed by atoms with Gasteiger partial charge in [0.15, 0.2) is 0 Å². The molecule has 0 N–H and O–H groups in total. The first-order valence-electron chi connectivity index (χ1n) is 3.10. The molecular formula is C9H8. The van der Waals surface area contributed by atoms with E-state index < -0.39 is 0 Å². The molecule has 44 valence electrons. The van der Waals surface area contributed by atoms with Gasteiger partial charge in [0, 0.05) is 0 Å². The molecule has 0 atom stereocenters. The summed E-state index contributed by atoms with van der Waals surface area (Å²) in [4.78, 5) is 0. The highest BCUT2D eigenvalue weighted by molar-refractivity contribution is 5.78. The van der Waals surface area contributed by atoms with Gasteiger partial charge in [-0.1, -0.05) is 24.8 Å². The largest absolute Gasteiger partial charge is 0.0911 e. The minimum Gasteiger partial charge on any atom is -0.0911 e. The monoisotopic (exact) mass is 116 g/mol. The number of hydrogen-bond acceptors (Lipinski definition) is 0. The second-order valence-electron chi connectivity index (χ2n) is 2.46. The topological polar surface area (TPSA) is 0 Å². The van der Waals surface area contributed by atoms with Crippen LogP contribution in [0.2, 0.25) is 0 Å². The SMILES string of the molecule is C=c1cccc2c1=C2C. The third-order valence-corrected chi connectivity index (χ3v) is 1.87. The highest BCUT2D eigenvalue weighted by Gasteiger charge is 2.12. The normalized spacial score (nSPS) is 13.2. The average Bonchev–Trinajstić information content (AvgIpc) is 2.45. The van der Waals surface area contributed by atoms with E-state index in [0.29, 0.717) is 0 Å². The fourth-order valence-corrected chi connectivity index (χ4v) is 1.27. The van der Waals surface area contributed by atoms with Crippen LogP contribution in [0, 0.1) is 0 Å². The zero-order valence-corrected chi connectivity index (χ0v) is 5.44. The second kappa shape index (κ2) is 1.27.